The molecule has 7 heteroatoms. The van der Waals surface area contributed by atoms with Crippen LogP contribution in [0, 0.1) is 0 Å². The van der Waals surface area contributed by atoms with E-state index in [2.05, 4.69) is 5.32 Å². The van der Waals surface area contributed by atoms with Crippen LogP contribution in [0.4, 0.5) is 0 Å². The lowest BCUT2D eigenvalue weighted by molar-refractivity contribution is -0.134. The fourth-order valence-corrected chi connectivity index (χ4v) is 5.47. The molecule has 0 saturated heterocycles. The molecule has 1 aromatic carbocycles. The van der Waals surface area contributed by atoms with E-state index in [-0.39, 0.29) is 17.9 Å². The van der Waals surface area contributed by atoms with E-state index >= 15 is 0 Å². The van der Waals surface area contributed by atoms with Gasteiger partial charge in [-0.25, -0.2) is 0 Å². The quantitative estimate of drug-likeness (QED) is 0.626. The zero-order chi connectivity index (χ0) is 22.1. The van der Waals surface area contributed by atoms with E-state index in [0.717, 1.165) is 41.8 Å². The highest BCUT2D eigenvalue weighted by molar-refractivity contribution is 7.13. The lowest BCUT2D eigenvalue weighted by atomic mass is 9.91. The Morgan fingerprint density at radius 3 is 2.66 bits per heavy atom. The van der Waals surface area contributed by atoms with E-state index in [1.54, 1.807) is 20.9 Å². The van der Waals surface area contributed by atoms with Crippen LogP contribution in [-0.4, -0.2) is 38.1 Å². The van der Waals surface area contributed by atoms with Crippen LogP contribution in [0.5, 0.6) is 0 Å². The van der Waals surface area contributed by atoms with E-state index in [4.69, 9.17) is 5.10 Å². The van der Waals surface area contributed by atoms with Crippen molar-refractivity contribution in [1.82, 2.24) is 20.0 Å². The number of amides is 2. The summed E-state index contributed by atoms with van der Waals surface area (Å²) in [5, 5.41) is 9.97. The molecule has 0 bridgehead atoms. The summed E-state index contributed by atoms with van der Waals surface area (Å²) in [4.78, 5) is 30.1. The van der Waals surface area contributed by atoms with E-state index in [1.807, 2.05) is 60.8 Å². The second-order valence-corrected chi connectivity index (χ2v) is 9.96. The molecule has 1 fully saturated rings. The minimum absolute atomic E-state index is 0.0903. The fraction of sp³-hybridized carbons (Fsp3) is 0.400. The number of carbonyl (C=O) groups excluding carboxylic acids is 2. The van der Waals surface area contributed by atoms with Crippen molar-refractivity contribution in [3.05, 3.63) is 65.2 Å². The van der Waals surface area contributed by atoms with Gasteiger partial charge >= 0.3 is 0 Å². The summed E-state index contributed by atoms with van der Waals surface area (Å²) in [5.74, 6) is -0.246. The van der Waals surface area contributed by atoms with E-state index in [1.165, 1.54) is 6.42 Å². The van der Waals surface area contributed by atoms with E-state index in [9.17, 15) is 9.59 Å². The zero-order valence-corrected chi connectivity index (χ0v) is 19.1. The number of hydrogen-bond donors (Lipinski definition) is 1. The SMILES string of the molecule is CC1(C(=O)NC2CCCCC2)Cn2nc(-c3cccs3)cc2C(=O)N1Cc1ccccc1. The first-order valence-electron chi connectivity index (χ1n) is 11.3. The molecule has 1 aliphatic heterocycles. The van der Waals surface area contributed by atoms with Crippen molar-refractivity contribution in [2.24, 2.45) is 0 Å². The second-order valence-electron chi connectivity index (χ2n) is 9.01. The van der Waals surface area contributed by atoms with Crippen molar-refractivity contribution in [1.29, 1.82) is 0 Å². The van der Waals surface area contributed by atoms with Crippen LogP contribution in [0.3, 0.4) is 0 Å². The van der Waals surface area contributed by atoms with Gasteiger partial charge in [-0.05, 0) is 42.8 Å². The summed E-state index contributed by atoms with van der Waals surface area (Å²) in [6, 6.07) is 15.9. The maximum Gasteiger partial charge on any atom is 0.273 e. The number of thiophene rings is 1. The first kappa shape index (κ1) is 20.9. The van der Waals surface area contributed by atoms with Gasteiger partial charge in [0.1, 0.15) is 16.9 Å². The Hall–Kier alpha value is -2.93. The predicted octanol–water partition coefficient (Wildman–Crippen LogP) is 4.48. The number of nitrogens with one attached hydrogen (secondary N) is 1. The molecule has 32 heavy (non-hydrogen) atoms. The number of aromatic nitrogens is 2. The average Bonchev–Trinajstić information content (AvgIpc) is 3.48. The van der Waals surface area contributed by atoms with Gasteiger partial charge in [0.15, 0.2) is 0 Å². The molecule has 3 heterocycles. The predicted molar refractivity (Wildman–Crippen MR) is 125 cm³/mol. The lowest BCUT2D eigenvalue weighted by Gasteiger charge is -2.44. The van der Waals surface area contributed by atoms with Gasteiger partial charge in [0, 0.05) is 12.6 Å². The molecule has 0 spiro atoms. The summed E-state index contributed by atoms with van der Waals surface area (Å²) < 4.78 is 1.72. The van der Waals surface area contributed by atoms with Crippen LogP contribution in [0.25, 0.3) is 10.6 Å². The van der Waals surface area contributed by atoms with Crippen LogP contribution in [0.1, 0.15) is 55.1 Å². The van der Waals surface area contributed by atoms with Crippen LogP contribution in [-0.2, 0) is 17.9 Å². The van der Waals surface area contributed by atoms with Crippen molar-refractivity contribution in [3.63, 3.8) is 0 Å². The molecule has 6 nitrogen and oxygen atoms in total. The highest BCUT2D eigenvalue weighted by Crippen LogP contribution is 2.33. The molecule has 2 aromatic heterocycles. The highest BCUT2D eigenvalue weighted by atomic mass is 32.1. The lowest BCUT2D eigenvalue weighted by Crippen LogP contribution is -2.64. The van der Waals surface area contributed by atoms with Gasteiger partial charge in [0.2, 0.25) is 5.91 Å². The van der Waals surface area contributed by atoms with Crippen molar-refractivity contribution in [3.8, 4) is 10.6 Å². The summed E-state index contributed by atoms with van der Waals surface area (Å²) in [5.41, 5.74) is 1.30. The number of rotatable bonds is 5. The number of fused-ring (bicyclic) bond motifs is 1. The molecule has 2 aliphatic rings. The zero-order valence-electron chi connectivity index (χ0n) is 18.3. The Morgan fingerprint density at radius 1 is 1.16 bits per heavy atom. The van der Waals surface area contributed by atoms with Crippen LogP contribution in [0.2, 0.25) is 0 Å². The second kappa shape index (κ2) is 8.54. The maximum absolute atomic E-state index is 13.7. The summed E-state index contributed by atoms with van der Waals surface area (Å²) in [7, 11) is 0. The van der Waals surface area contributed by atoms with Crippen molar-refractivity contribution >= 4 is 23.2 Å². The smallest absolute Gasteiger partial charge is 0.273 e. The molecule has 3 aromatic rings. The molecule has 1 N–H and O–H groups in total. The Labute approximate surface area is 192 Å². The third-order valence-corrected chi connectivity index (χ3v) is 7.58. The Kier molecular flexibility index (Phi) is 5.59. The molecular formula is C25H28N4O2S. The van der Waals surface area contributed by atoms with Gasteiger partial charge in [-0.1, -0.05) is 55.7 Å². The van der Waals surface area contributed by atoms with Crippen molar-refractivity contribution in [2.75, 3.05) is 0 Å². The van der Waals surface area contributed by atoms with Gasteiger partial charge in [-0.2, -0.15) is 5.10 Å². The van der Waals surface area contributed by atoms with Crippen LogP contribution < -0.4 is 5.32 Å². The highest BCUT2D eigenvalue weighted by Gasteiger charge is 2.48. The van der Waals surface area contributed by atoms with E-state index < -0.39 is 5.54 Å². The first-order chi connectivity index (χ1) is 15.5. The maximum atomic E-state index is 13.7. The summed E-state index contributed by atoms with van der Waals surface area (Å²) >= 11 is 1.59. The fourth-order valence-electron chi connectivity index (χ4n) is 4.79. The molecule has 0 radical (unpaired) electrons. The van der Waals surface area contributed by atoms with Crippen LogP contribution in [0.15, 0.2) is 53.9 Å². The Balaban J connectivity index is 1.50. The average molecular weight is 449 g/mol. The molecular weight excluding hydrogens is 420 g/mol. The Morgan fingerprint density at radius 2 is 1.94 bits per heavy atom. The minimum Gasteiger partial charge on any atom is -0.351 e. The van der Waals surface area contributed by atoms with Crippen molar-refractivity contribution in [2.45, 2.75) is 63.7 Å². The van der Waals surface area contributed by atoms with Gasteiger partial charge < -0.3 is 10.2 Å². The summed E-state index contributed by atoms with van der Waals surface area (Å²) in [6.07, 6.45) is 5.52. The number of hydrogen-bond acceptors (Lipinski definition) is 4. The normalized spacial score (nSPS) is 21.4. The van der Waals surface area contributed by atoms with Gasteiger partial charge in [-0.3, -0.25) is 14.3 Å². The monoisotopic (exact) mass is 448 g/mol. The molecule has 1 aliphatic carbocycles. The number of carbonyl (C=O) groups is 2. The third kappa shape index (κ3) is 3.86. The molecule has 166 valence electrons. The number of nitrogens with zero attached hydrogens (tertiary/aromatic N) is 3. The Bertz CT molecular complexity index is 1100. The molecule has 1 atom stereocenters. The van der Waals surface area contributed by atoms with Gasteiger partial charge in [0.05, 0.1) is 11.4 Å². The minimum atomic E-state index is -1.02. The summed E-state index contributed by atoms with van der Waals surface area (Å²) in [6.45, 7) is 2.60. The van der Waals surface area contributed by atoms with Crippen LogP contribution >= 0.6 is 11.3 Å². The number of benzene rings is 1. The first-order valence-corrected chi connectivity index (χ1v) is 12.2. The molecule has 1 unspecified atom stereocenters. The molecule has 1 saturated carbocycles. The van der Waals surface area contributed by atoms with E-state index in [0.29, 0.717) is 18.8 Å². The molecule has 2 amide bonds. The third-order valence-electron chi connectivity index (χ3n) is 6.68. The standard InChI is InChI=1S/C25H28N4O2S/c1-25(24(31)26-19-11-6-3-7-12-19)17-29-21(15-20(27-29)22-13-8-14-32-22)23(30)28(25)16-18-9-4-2-5-10-18/h2,4-5,8-10,13-15,19H,3,6-7,11-12,16-17H2,1H3,(H,26,31). The van der Waals surface area contributed by atoms with Gasteiger partial charge in [0.25, 0.3) is 5.91 Å². The largest absolute Gasteiger partial charge is 0.351 e. The topological polar surface area (TPSA) is 67.2 Å². The molecule has 5 rings (SSSR count). The van der Waals surface area contributed by atoms with Crippen molar-refractivity contribution < 1.29 is 9.59 Å². The van der Waals surface area contributed by atoms with Gasteiger partial charge in [-0.15, -0.1) is 11.3 Å².